The molecule has 0 saturated carbocycles. The first-order valence-corrected chi connectivity index (χ1v) is 3.50. The molecule has 0 aromatic carbocycles. The van der Waals surface area contributed by atoms with Crippen molar-refractivity contribution in [1.29, 1.82) is 0 Å². The van der Waals surface area contributed by atoms with Gasteiger partial charge in [-0.1, -0.05) is 6.92 Å². The van der Waals surface area contributed by atoms with Crippen LogP contribution in [-0.4, -0.2) is 21.4 Å². The highest BCUT2D eigenvalue weighted by Crippen LogP contribution is 1.98. The van der Waals surface area contributed by atoms with Gasteiger partial charge in [0.1, 0.15) is 0 Å². The molecule has 11 heavy (non-hydrogen) atoms. The first kappa shape index (κ1) is 7.84. The van der Waals surface area contributed by atoms with Crippen LogP contribution in [0.3, 0.4) is 0 Å². The van der Waals surface area contributed by atoms with Gasteiger partial charge in [0, 0.05) is 7.05 Å². The Balaban J connectivity index is 2.71. The molecule has 0 fully saturated rings. The highest BCUT2D eigenvalue weighted by molar-refractivity contribution is 4.90. The maximum atomic E-state index is 10.8. The molecule has 5 nitrogen and oxygen atoms in total. The number of H-pyrrole nitrogens is 1. The lowest BCUT2D eigenvalue weighted by molar-refractivity contribution is 0.281. The summed E-state index contributed by atoms with van der Waals surface area (Å²) in [5.74, 6) is 0. The van der Waals surface area contributed by atoms with E-state index in [0.717, 1.165) is 6.42 Å². The summed E-state index contributed by atoms with van der Waals surface area (Å²) in [5.41, 5.74) is -0.254. The Bertz CT molecular complexity index is 276. The molecular weight excluding hydrogens is 146 g/mol. The number of rotatable bonds is 3. The largest absolute Gasteiger partial charge is 0.464 e. The lowest BCUT2D eigenvalue weighted by Crippen LogP contribution is -2.13. The molecule has 0 atom stereocenters. The summed E-state index contributed by atoms with van der Waals surface area (Å²) >= 11 is 0. The zero-order valence-corrected chi connectivity index (χ0v) is 6.63. The zero-order chi connectivity index (χ0) is 8.27. The smallest absolute Gasteiger partial charge is 0.345 e. The number of nitrogens with zero attached hydrogens (tertiary/aromatic N) is 2. The Morgan fingerprint density at radius 2 is 2.45 bits per heavy atom. The minimum absolute atomic E-state index is 0.254. The van der Waals surface area contributed by atoms with E-state index in [1.165, 1.54) is 4.57 Å². The van der Waals surface area contributed by atoms with Crippen LogP contribution in [0.1, 0.15) is 13.3 Å². The van der Waals surface area contributed by atoms with E-state index in [-0.39, 0.29) is 5.69 Å². The summed E-state index contributed by atoms with van der Waals surface area (Å²) in [5, 5.41) is 5.93. The van der Waals surface area contributed by atoms with E-state index < -0.39 is 0 Å². The predicted molar refractivity (Wildman–Crippen MR) is 39.6 cm³/mol. The van der Waals surface area contributed by atoms with Crippen LogP contribution in [0.2, 0.25) is 0 Å². The zero-order valence-electron chi connectivity index (χ0n) is 6.63. The first-order valence-electron chi connectivity index (χ1n) is 3.50. The molecule has 5 heteroatoms. The van der Waals surface area contributed by atoms with Gasteiger partial charge in [0.05, 0.1) is 6.61 Å². The molecular formula is C6H11N3O2. The van der Waals surface area contributed by atoms with Crippen LogP contribution in [0.5, 0.6) is 6.01 Å². The second kappa shape index (κ2) is 3.23. The average molecular weight is 157 g/mol. The van der Waals surface area contributed by atoms with E-state index in [2.05, 4.69) is 10.2 Å². The van der Waals surface area contributed by atoms with Crippen LogP contribution >= 0.6 is 0 Å². The number of aromatic amines is 1. The standard InChI is InChI=1S/C6H11N3O2/c1-3-4-11-6-8-7-5(10)9(6)2/h3-4H2,1-2H3,(H,7,10). The first-order chi connectivity index (χ1) is 5.25. The van der Waals surface area contributed by atoms with Gasteiger partial charge in [-0.25, -0.2) is 14.5 Å². The van der Waals surface area contributed by atoms with Gasteiger partial charge in [-0.3, -0.25) is 0 Å². The van der Waals surface area contributed by atoms with E-state index >= 15 is 0 Å². The van der Waals surface area contributed by atoms with Crippen molar-refractivity contribution < 1.29 is 4.74 Å². The lowest BCUT2D eigenvalue weighted by Gasteiger charge is -1.99. The van der Waals surface area contributed by atoms with Gasteiger partial charge in [-0.05, 0) is 6.42 Å². The van der Waals surface area contributed by atoms with Crippen LogP contribution in [0.15, 0.2) is 4.79 Å². The van der Waals surface area contributed by atoms with Crippen molar-refractivity contribution in [2.45, 2.75) is 13.3 Å². The van der Waals surface area contributed by atoms with E-state index in [0.29, 0.717) is 12.6 Å². The van der Waals surface area contributed by atoms with Crippen LogP contribution in [-0.2, 0) is 7.05 Å². The Morgan fingerprint density at radius 3 is 2.91 bits per heavy atom. The average Bonchev–Trinajstić information content (AvgIpc) is 2.31. The van der Waals surface area contributed by atoms with Crippen LogP contribution in [0.4, 0.5) is 0 Å². The van der Waals surface area contributed by atoms with E-state index in [1.807, 2.05) is 6.92 Å². The summed E-state index contributed by atoms with van der Waals surface area (Å²) in [4.78, 5) is 10.8. The molecule has 0 aliphatic heterocycles. The highest BCUT2D eigenvalue weighted by Gasteiger charge is 2.02. The van der Waals surface area contributed by atoms with Gasteiger partial charge in [-0.2, -0.15) is 0 Å². The van der Waals surface area contributed by atoms with E-state index in [9.17, 15) is 4.79 Å². The second-order valence-electron chi connectivity index (χ2n) is 2.22. The van der Waals surface area contributed by atoms with E-state index in [4.69, 9.17) is 4.74 Å². The monoisotopic (exact) mass is 157 g/mol. The second-order valence-corrected chi connectivity index (χ2v) is 2.22. The molecule has 0 amide bonds. The van der Waals surface area contributed by atoms with Crippen LogP contribution < -0.4 is 10.4 Å². The molecule has 0 radical (unpaired) electrons. The fraction of sp³-hybridized carbons (Fsp3) is 0.667. The van der Waals surface area contributed by atoms with Gasteiger partial charge >= 0.3 is 11.7 Å². The number of hydrogen-bond acceptors (Lipinski definition) is 3. The minimum atomic E-state index is -0.254. The topological polar surface area (TPSA) is 59.9 Å². The van der Waals surface area contributed by atoms with Gasteiger partial charge in [0.15, 0.2) is 0 Å². The maximum absolute atomic E-state index is 10.8. The van der Waals surface area contributed by atoms with Crippen LogP contribution in [0.25, 0.3) is 0 Å². The van der Waals surface area contributed by atoms with Crippen molar-refractivity contribution in [2.24, 2.45) is 7.05 Å². The molecule has 1 aromatic heterocycles. The number of nitrogens with one attached hydrogen (secondary N) is 1. The Morgan fingerprint density at radius 1 is 1.73 bits per heavy atom. The summed E-state index contributed by atoms with van der Waals surface area (Å²) in [6, 6.07) is 0.344. The SMILES string of the molecule is CCCOc1n[nH]c(=O)n1C. The van der Waals surface area contributed by atoms with Crippen molar-refractivity contribution in [1.82, 2.24) is 14.8 Å². The molecule has 1 N–H and O–H groups in total. The summed E-state index contributed by atoms with van der Waals surface area (Å²) in [6.45, 7) is 2.57. The van der Waals surface area contributed by atoms with Crippen molar-refractivity contribution in [2.75, 3.05) is 6.61 Å². The summed E-state index contributed by atoms with van der Waals surface area (Å²) in [6.07, 6.45) is 0.904. The summed E-state index contributed by atoms with van der Waals surface area (Å²) < 4.78 is 6.46. The quantitative estimate of drug-likeness (QED) is 0.666. The molecule has 0 aliphatic rings. The van der Waals surface area contributed by atoms with Crippen LogP contribution in [0, 0.1) is 0 Å². The summed E-state index contributed by atoms with van der Waals surface area (Å²) in [7, 11) is 1.61. The van der Waals surface area contributed by atoms with Gasteiger partial charge < -0.3 is 4.74 Å². The maximum Gasteiger partial charge on any atom is 0.345 e. The van der Waals surface area contributed by atoms with Crippen molar-refractivity contribution in [3.05, 3.63) is 10.5 Å². The fourth-order valence-corrected chi connectivity index (χ4v) is 0.655. The number of hydrogen-bond donors (Lipinski definition) is 1. The van der Waals surface area contributed by atoms with Gasteiger partial charge in [0.25, 0.3) is 0 Å². The lowest BCUT2D eigenvalue weighted by atomic mass is 10.5. The molecule has 0 aliphatic carbocycles. The Hall–Kier alpha value is -1.26. The Labute approximate surface area is 64.0 Å². The molecule has 0 spiro atoms. The van der Waals surface area contributed by atoms with Gasteiger partial charge in [-0.15, -0.1) is 5.10 Å². The third-order valence-corrected chi connectivity index (χ3v) is 1.27. The molecule has 1 heterocycles. The minimum Gasteiger partial charge on any atom is -0.464 e. The molecule has 0 bridgehead atoms. The van der Waals surface area contributed by atoms with Crippen molar-refractivity contribution >= 4 is 0 Å². The Kier molecular flexibility index (Phi) is 2.30. The van der Waals surface area contributed by atoms with Crippen molar-refractivity contribution in [3.8, 4) is 6.01 Å². The van der Waals surface area contributed by atoms with Crippen molar-refractivity contribution in [3.63, 3.8) is 0 Å². The molecule has 0 saturated heterocycles. The third kappa shape index (κ3) is 1.60. The number of aromatic nitrogens is 3. The molecule has 0 unspecified atom stereocenters. The predicted octanol–water partition coefficient (Wildman–Crippen LogP) is -0.103. The number of ether oxygens (including phenoxy) is 1. The van der Waals surface area contributed by atoms with E-state index in [1.54, 1.807) is 7.05 Å². The fourth-order valence-electron chi connectivity index (χ4n) is 0.655. The third-order valence-electron chi connectivity index (χ3n) is 1.27. The highest BCUT2D eigenvalue weighted by atomic mass is 16.5. The van der Waals surface area contributed by atoms with Gasteiger partial charge in [0.2, 0.25) is 0 Å². The normalized spacial score (nSPS) is 10.0. The molecule has 1 aromatic rings. The molecule has 62 valence electrons. The molecule has 1 rings (SSSR count).